The van der Waals surface area contributed by atoms with Crippen molar-refractivity contribution in [2.45, 2.75) is 39.3 Å². The van der Waals surface area contributed by atoms with Crippen molar-refractivity contribution >= 4 is 11.7 Å². The highest BCUT2D eigenvalue weighted by Gasteiger charge is 2.32. The van der Waals surface area contributed by atoms with Crippen molar-refractivity contribution < 1.29 is 13.9 Å². The lowest BCUT2D eigenvalue weighted by atomic mass is 10.1. The molecule has 1 N–H and O–H groups in total. The first kappa shape index (κ1) is 17.2. The normalized spacial score (nSPS) is 16.7. The summed E-state index contributed by atoms with van der Waals surface area (Å²) < 4.78 is 20.5. The third-order valence-electron chi connectivity index (χ3n) is 4.40. The van der Waals surface area contributed by atoms with E-state index in [-0.39, 0.29) is 23.7 Å². The van der Waals surface area contributed by atoms with Crippen LogP contribution in [0.25, 0.3) is 0 Å². The van der Waals surface area contributed by atoms with Gasteiger partial charge in [0.1, 0.15) is 17.4 Å². The number of hydrogen-bond donors (Lipinski definition) is 1. The fourth-order valence-electron chi connectivity index (χ4n) is 3.07. The van der Waals surface area contributed by atoms with Crippen LogP contribution in [0.15, 0.2) is 18.2 Å². The number of hydrogen-bond acceptors (Lipinski definition) is 4. The Kier molecular flexibility index (Phi) is 4.61. The molecule has 0 spiro atoms. The van der Waals surface area contributed by atoms with E-state index in [1.54, 1.807) is 4.90 Å². The number of halogens is 1. The molecule has 0 saturated carbocycles. The Morgan fingerprint density at radius 2 is 2.12 bits per heavy atom. The maximum absolute atomic E-state index is 13.3. The second-order valence-corrected chi connectivity index (χ2v) is 6.37. The van der Waals surface area contributed by atoms with Crippen LogP contribution in [0.3, 0.4) is 0 Å². The molecule has 1 aliphatic heterocycles. The van der Waals surface area contributed by atoms with Crippen LogP contribution < -0.4 is 10.1 Å². The molecule has 1 aliphatic rings. The highest BCUT2D eigenvalue weighted by atomic mass is 19.1. The van der Waals surface area contributed by atoms with Gasteiger partial charge in [-0.05, 0) is 19.1 Å². The van der Waals surface area contributed by atoms with Crippen molar-refractivity contribution in [2.24, 2.45) is 0 Å². The lowest BCUT2D eigenvalue weighted by Gasteiger charge is -2.34. The average Bonchev–Trinajstić information content (AvgIpc) is 3.01. The van der Waals surface area contributed by atoms with Crippen LogP contribution in [0.4, 0.5) is 14.9 Å². The third-order valence-corrected chi connectivity index (χ3v) is 4.40. The summed E-state index contributed by atoms with van der Waals surface area (Å²) in [5.74, 6) is 1.84. The van der Waals surface area contributed by atoms with E-state index in [0.29, 0.717) is 18.8 Å². The zero-order chi connectivity index (χ0) is 18.1. The van der Waals surface area contributed by atoms with Crippen LogP contribution >= 0.6 is 0 Å². The maximum atomic E-state index is 13.3. The number of anilines is 1. The number of rotatable bonds is 3. The van der Waals surface area contributed by atoms with Gasteiger partial charge in [0, 0.05) is 25.1 Å². The molecule has 0 saturated heterocycles. The first-order valence-corrected chi connectivity index (χ1v) is 8.26. The van der Waals surface area contributed by atoms with Gasteiger partial charge in [0.2, 0.25) is 0 Å². The highest BCUT2D eigenvalue weighted by molar-refractivity contribution is 5.91. The van der Waals surface area contributed by atoms with Crippen molar-refractivity contribution in [2.75, 3.05) is 19.0 Å². The van der Waals surface area contributed by atoms with Crippen LogP contribution in [0.5, 0.6) is 5.75 Å². The van der Waals surface area contributed by atoms with Crippen LogP contribution in [-0.2, 0) is 6.54 Å². The molecular weight excluding hydrogens is 325 g/mol. The smallest absolute Gasteiger partial charge is 0.322 e. The van der Waals surface area contributed by atoms with Crippen LogP contribution in [0.2, 0.25) is 0 Å². The van der Waals surface area contributed by atoms with Crippen molar-refractivity contribution in [1.82, 2.24) is 19.7 Å². The molecule has 8 heteroatoms. The second kappa shape index (κ2) is 6.70. The number of ether oxygens (including phenoxy) is 1. The van der Waals surface area contributed by atoms with Crippen molar-refractivity contribution in [3.05, 3.63) is 35.7 Å². The molecular formula is C17H22FN5O2. The van der Waals surface area contributed by atoms with E-state index in [0.717, 1.165) is 11.6 Å². The average molecular weight is 347 g/mol. The van der Waals surface area contributed by atoms with Gasteiger partial charge < -0.3 is 19.5 Å². The summed E-state index contributed by atoms with van der Waals surface area (Å²) in [5.41, 5.74) is 0.427. The first-order valence-electron chi connectivity index (χ1n) is 8.26. The molecule has 1 unspecified atom stereocenters. The molecule has 1 aromatic carbocycles. The summed E-state index contributed by atoms with van der Waals surface area (Å²) in [5, 5.41) is 11.3. The zero-order valence-corrected chi connectivity index (χ0v) is 14.8. The van der Waals surface area contributed by atoms with Gasteiger partial charge in [-0.2, -0.15) is 0 Å². The third kappa shape index (κ3) is 3.16. The molecule has 1 atom stereocenters. The predicted molar refractivity (Wildman–Crippen MR) is 91.2 cm³/mol. The number of urea groups is 1. The summed E-state index contributed by atoms with van der Waals surface area (Å²) in [4.78, 5) is 14.4. The Morgan fingerprint density at radius 3 is 2.80 bits per heavy atom. The van der Waals surface area contributed by atoms with Crippen LogP contribution in [-0.4, -0.2) is 39.4 Å². The molecule has 2 heterocycles. The molecule has 3 rings (SSSR count). The molecule has 0 radical (unpaired) electrons. The van der Waals surface area contributed by atoms with Crippen molar-refractivity contribution in [3.63, 3.8) is 0 Å². The van der Waals surface area contributed by atoms with Gasteiger partial charge in [-0.1, -0.05) is 13.8 Å². The van der Waals surface area contributed by atoms with Gasteiger partial charge in [-0.15, -0.1) is 10.2 Å². The standard InChI is InChI=1S/C17H22FN5O2/c1-10(2)15-20-21-16-11(3)22(7-8-23(15)16)17(24)19-13-6-5-12(18)9-14(13)25-4/h5-6,9-11H,7-8H2,1-4H3,(H,19,24). The van der Waals surface area contributed by atoms with E-state index < -0.39 is 5.82 Å². The van der Waals surface area contributed by atoms with E-state index in [2.05, 4.69) is 33.9 Å². The molecule has 2 aromatic rings. The predicted octanol–water partition coefficient (Wildman–Crippen LogP) is 3.16. The Labute approximate surface area is 145 Å². The summed E-state index contributed by atoms with van der Waals surface area (Å²) in [7, 11) is 1.43. The van der Waals surface area contributed by atoms with Gasteiger partial charge in [0.05, 0.1) is 18.8 Å². The second-order valence-electron chi connectivity index (χ2n) is 6.37. The highest BCUT2D eigenvalue weighted by Crippen LogP contribution is 2.29. The lowest BCUT2D eigenvalue weighted by molar-refractivity contribution is 0.171. The fourth-order valence-corrected chi connectivity index (χ4v) is 3.07. The van der Waals surface area contributed by atoms with Gasteiger partial charge >= 0.3 is 6.03 Å². The largest absolute Gasteiger partial charge is 0.494 e. The summed E-state index contributed by atoms with van der Waals surface area (Å²) >= 11 is 0. The number of aromatic nitrogens is 3. The fraction of sp³-hybridized carbons (Fsp3) is 0.471. The maximum Gasteiger partial charge on any atom is 0.322 e. The molecule has 0 aliphatic carbocycles. The minimum absolute atomic E-state index is 0.208. The molecule has 7 nitrogen and oxygen atoms in total. The molecule has 25 heavy (non-hydrogen) atoms. The van der Waals surface area contributed by atoms with Crippen LogP contribution in [0, 0.1) is 5.82 Å². The minimum Gasteiger partial charge on any atom is -0.494 e. The number of carbonyl (C=O) groups is 1. The molecule has 0 bridgehead atoms. The SMILES string of the molecule is COc1cc(F)ccc1NC(=O)N1CCn2c(C(C)C)nnc2C1C. The van der Waals surface area contributed by atoms with Gasteiger partial charge in [0.15, 0.2) is 5.82 Å². The van der Waals surface area contributed by atoms with Crippen molar-refractivity contribution in [1.29, 1.82) is 0 Å². The minimum atomic E-state index is -0.421. The molecule has 0 fully saturated rings. The van der Waals surface area contributed by atoms with E-state index in [4.69, 9.17) is 4.74 Å². The lowest BCUT2D eigenvalue weighted by Crippen LogP contribution is -2.43. The van der Waals surface area contributed by atoms with Crippen LogP contribution in [0.1, 0.15) is 44.4 Å². The van der Waals surface area contributed by atoms with E-state index in [1.165, 1.54) is 25.3 Å². The van der Waals surface area contributed by atoms with Gasteiger partial charge in [-0.3, -0.25) is 0 Å². The summed E-state index contributed by atoms with van der Waals surface area (Å²) in [6.45, 7) is 7.25. The first-order chi connectivity index (χ1) is 11.9. The summed E-state index contributed by atoms with van der Waals surface area (Å²) in [6.07, 6.45) is 0. The molecule has 134 valence electrons. The number of fused-ring (bicyclic) bond motifs is 1. The number of nitrogens with one attached hydrogen (secondary N) is 1. The topological polar surface area (TPSA) is 72.3 Å². The monoisotopic (exact) mass is 347 g/mol. The Morgan fingerprint density at radius 1 is 1.36 bits per heavy atom. The molecule has 2 amide bonds. The number of amides is 2. The number of benzene rings is 1. The Bertz CT molecular complexity index is 789. The number of carbonyl (C=O) groups excluding carboxylic acids is 1. The van der Waals surface area contributed by atoms with Gasteiger partial charge in [-0.25, -0.2) is 9.18 Å². The quantitative estimate of drug-likeness (QED) is 0.926. The number of nitrogens with zero attached hydrogens (tertiary/aromatic N) is 4. The Hall–Kier alpha value is -2.64. The van der Waals surface area contributed by atoms with E-state index in [9.17, 15) is 9.18 Å². The van der Waals surface area contributed by atoms with E-state index in [1.807, 2.05) is 6.92 Å². The van der Waals surface area contributed by atoms with Crippen molar-refractivity contribution in [3.8, 4) is 5.75 Å². The Balaban J connectivity index is 1.80. The summed E-state index contributed by atoms with van der Waals surface area (Å²) in [6, 6.07) is 3.52. The molecule has 1 aromatic heterocycles. The van der Waals surface area contributed by atoms with Gasteiger partial charge in [0.25, 0.3) is 0 Å². The zero-order valence-electron chi connectivity index (χ0n) is 14.8. The number of methoxy groups -OCH3 is 1. The van der Waals surface area contributed by atoms with E-state index >= 15 is 0 Å².